The van der Waals surface area contributed by atoms with E-state index >= 15 is 0 Å². The molecule has 5 nitrogen and oxygen atoms in total. The molecule has 0 N–H and O–H groups in total. The fourth-order valence-corrected chi connectivity index (χ4v) is 3.18. The van der Waals surface area contributed by atoms with E-state index in [9.17, 15) is 10.1 Å². The lowest BCUT2D eigenvalue weighted by Crippen LogP contribution is -2.04. The number of aryl methyl sites for hydroxylation is 1. The van der Waals surface area contributed by atoms with Crippen LogP contribution in [0.3, 0.4) is 0 Å². The summed E-state index contributed by atoms with van der Waals surface area (Å²) in [6, 6.07) is 15.2. The van der Waals surface area contributed by atoms with Crippen LogP contribution >= 0.6 is 0 Å². The number of methoxy groups -OCH3 is 1. The van der Waals surface area contributed by atoms with E-state index in [2.05, 4.69) is 10.6 Å². The lowest BCUT2D eigenvalue weighted by atomic mass is 10.0. The minimum Gasteiger partial charge on any atom is -0.497 e. The van der Waals surface area contributed by atoms with Crippen molar-refractivity contribution in [2.24, 2.45) is 0 Å². The van der Waals surface area contributed by atoms with Gasteiger partial charge in [-0.25, -0.2) is 4.79 Å². The summed E-state index contributed by atoms with van der Waals surface area (Å²) in [5, 5.41) is 10.6. The number of esters is 1. The maximum Gasteiger partial charge on any atom is 0.338 e. The topological polar surface area (TPSA) is 64.2 Å². The van der Waals surface area contributed by atoms with E-state index in [-0.39, 0.29) is 5.97 Å². The Kier molecular flexibility index (Phi) is 7.22. The van der Waals surface area contributed by atoms with Crippen molar-refractivity contribution < 1.29 is 14.3 Å². The molecular formula is C23H26N2O3. The van der Waals surface area contributed by atoms with Gasteiger partial charge in [-0.3, -0.25) is 0 Å². The molecule has 0 saturated heterocycles. The third-order valence-electron chi connectivity index (χ3n) is 4.37. The number of carbonyl (C=O) groups is 1. The van der Waals surface area contributed by atoms with Crippen molar-refractivity contribution in [3.63, 3.8) is 0 Å². The van der Waals surface area contributed by atoms with Crippen LogP contribution in [-0.2, 0) is 11.3 Å². The monoisotopic (exact) mass is 378 g/mol. The van der Waals surface area contributed by atoms with Crippen molar-refractivity contribution in [1.29, 1.82) is 5.26 Å². The summed E-state index contributed by atoms with van der Waals surface area (Å²) < 4.78 is 12.4. The number of nitriles is 1. The van der Waals surface area contributed by atoms with Crippen LogP contribution in [0.1, 0.15) is 43.6 Å². The molecule has 2 aromatic carbocycles. The smallest absolute Gasteiger partial charge is 0.338 e. The molecule has 146 valence electrons. The van der Waals surface area contributed by atoms with Crippen molar-refractivity contribution in [3.05, 3.63) is 53.6 Å². The number of rotatable bonds is 5. The quantitative estimate of drug-likeness (QED) is 0.557. The molecule has 0 fully saturated rings. The van der Waals surface area contributed by atoms with Crippen LogP contribution in [0.2, 0.25) is 0 Å². The molecule has 0 amide bonds. The van der Waals surface area contributed by atoms with Gasteiger partial charge in [-0.1, -0.05) is 26.0 Å². The summed E-state index contributed by atoms with van der Waals surface area (Å²) in [5.41, 5.74) is 3.79. The molecule has 0 aliphatic rings. The number of hydrogen-bond donors (Lipinski definition) is 0. The van der Waals surface area contributed by atoms with E-state index < -0.39 is 0 Å². The minimum absolute atomic E-state index is 0.338. The Hall–Kier alpha value is -3.26. The highest BCUT2D eigenvalue weighted by molar-refractivity contribution is 5.96. The first-order valence-corrected chi connectivity index (χ1v) is 9.52. The summed E-state index contributed by atoms with van der Waals surface area (Å²) in [5.74, 6) is 0.402. The number of nitrogens with zero attached hydrogens (tertiary/aromatic N) is 2. The van der Waals surface area contributed by atoms with Crippen molar-refractivity contribution in [1.82, 2.24) is 4.57 Å². The average molecular weight is 378 g/mol. The second kappa shape index (κ2) is 9.61. The van der Waals surface area contributed by atoms with Gasteiger partial charge in [-0.05, 0) is 43.7 Å². The highest BCUT2D eigenvalue weighted by atomic mass is 16.5. The molecule has 0 spiro atoms. The van der Waals surface area contributed by atoms with Gasteiger partial charge in [0.15, 0.2) is 0 Å². The molecule has 0 radical (unpaired) electrons. The van der Waals surface area contributed by atoms with Crippen LogP contribution in [0.5, 0.6) is 5.75 Å². The van der Waals surface area contributed by atoms with E-state index in [1.165, 1.54) is 0 Å². The third-order valence-corrected chi connectivity index (χ3v) is 4.37. The normalized spacial score (nSPS) is 10.0. The molecule has 1 heterocycles. The second-order valence-electron chi connectivity index (χ2n) is 5.76. The van der Waals surface area contributed by atoms with Gasteiger partial charge in [-0.15, -0.1) is 0 Å². The standard InChI is InChI=1S/C21H20N2O3.C2H6/c1-4-23-19-12-16(25-3)10-11-17(19)18(13-22)20(23)14-6-8-15(9-7-14)21(24)26-5-2;1-2/h6-12H,4-5H2,1-3H3;1-2H3. The van der Waals surface area contributed by atoms with Crippen molar-refractivity contribution in [3.8, 4) is 23.1 Å². The van der Waals surface area contributed by atoms with Gasteiger partial charge >= 0.3 is 5.97 Å². The molecule has 5 heteroatoms. The zero-order valence-electron chi connectivity index (χ0n) is 17.1. The van der Waals surface area contributed by atoms with E-state index in [0.717, 1.165) is 27.9 Å². The van der Waals surface area contributed by atoms with Gasteiger partial charge in [0.05, 0.1) is 36.1 Å². The Morgan fingerprint density at radius 1 is 1.11 bits per heavy atom. The molecule has 0 unspecified atom stereocenters. The molecule has 0 saturated carbocycles. The number of hydrogen-bond acceptors (Lipinski definition) is 4. The first kappa shape index (κ1) is 21.0. The summed E-state index contributed by atoms with van der Waals surface area (Å²) in [6.45, 7) is 8.86. The van der Waals surface area contributed by atoms with Gasteiger partial charge in [0.25, 0.3) is 0 Å². The van der Waals surface area contributed by atoms with Gasteiger partial charge in [-0.2, -0.15) is 5.26 Å². The Balaban J connectivity index is 0.00000136. The Labute approximate surface area is 166 Å². The molecule has 0 atom stereocenters. The van der Waals surface area contributed by atoms with E-state index in [1.807, 2.05) is 51.1 Å². The lowest BCUT2D eigenvalue weighted by Gasteiger charge is -2.10. The maximum absolute atomic E-state index is 11.9. The molecule has 3 rings (SSSR count). The van der Waals surface area contributed by atoms with Gasteiger partial charge in [0, 0.05) is 18.0 Å². The first-order valence-electron chi connectivity index (χ1n) is 9.52. The third kappa shape index (κ3) is 3.86. The van der Waals surface area contributed by atoms with Gasteiger partial charge in [0.2, 0.25) is 0 Å². The predicted molar refractivity (Wildman–Crippen MR) is 112 cm³/mol. The largest absolute Gasteiger partial charge is 0.497 e. The molecule has 0 aliphatic carbocycles. The molecule has 1 aromatic heterocycles. The fraction of sp³-hybridized carbons (Fsp3) is 0.304. The summed E-state index contributed by atoms with van der Waals surface area (Å²) in [7, 11) is 1.63. The number of fused-ring (bicyclic) bond motifs is 1. The SMILES string of the molecule is CC.CCOC(=O)c1ccc(-c2c(C#N)c3ccc(OC)cc3n2CC)cc1. The Bertz CT molecular complexity index is 995. The van der Waals surface area contributed by atoms with Crippen LogP contribution in [0.25, 0.3) is 22.2 Å². The van der Waals surface area contributed by atoms with Gasteiger partial charge < -0.3 is 14.0 Å². The Morgan fingerprint density at radius 3 is 2.32 bits per heavy atom. The van der Waals surface area contributed by atoms with Gasteiger partial charge in [0.1, 0.15) is 11.8 Å². The number of aromatic nitrogens is 1. The minimum atomic E-state index is -0.347. The molecule has 0 aliphatic heterocycles. The second-order valence-corrected chi connectivity index (χ2v) is 5.76. The summed E-state index contributed by atoms with van der Waals surface area (Å²) >= 11 is 0. The van der Waals surface area contributed by atoms with Crippen LogP contribution in [0.4, 0.5) is 0 Å². The zero-order chi connectivity index (χ0) is 20.7. The van der Waals surface area contributed by atoms with Crippen LogP contribution < -0.4 is 4.74 Å². The average Bonchev–Trinajstić information content (AvgIpc) is 3.07. The van der Waals surface area contributed by atoms with E-state index in [4.69, 9.17) is 9.47 Å². The molecular weight excluding hydrogens is 352 g/mol. The summed E-state index contributed by atoms with van der Waals surface area (Å²) in [6.07, 6.45) is 0. The highest BCUT2D eigenvalue weighted by Gasteiger charge is 2.19. The van der Waals surface area contributed by atoms with Crippen LogP contribution in [0, 0.1) is 11.3 Å². The lowest BCUT2D eigenvalue weighted by molar-refractivity contribution is 0.0526. The van der Waals surface area contributed by atoms with E-state index in [1.54, 1.807) is 26.2 Å². The molecule has 28 heavy (non-hydrogen) atoms. The highest BCUT2D eigenvalue weighted by Crippen LogP contribution is 2.35. The van der Waals surface area contributed by atoms with Crippen molar-refractivity contribution in [2.45, 2.75) is 34.2 Å². The molecule has 0 bridgehead atoms. The van der Waals surface area contributed by atoms with Crippen LogP contribution in [0.15, 0.2) is 42.5 Å². The fourth-order valence-electron chi connectivity index (χ4n) is 3.18. The molecule has 3 aromatic rings. The number of benzene rings is 2. The number of carbonyl (C=O) groups excluding carboxylic acids is 1. The van der Waals surface area contributed by atoms with Crippen molar-refractivity contribution in [2.75, 3.05) is 13.7 Å². The first-order chi connectivity index (χ1) is 13.6. The Morgan fingerprint density at radius 2 is 1.79 bits per heavy atom. The van der Waals surface area contributed by atoms with Crippen LogP contribution in [-0.4, -0.2) is 24.3 Å². The zero-order valence-corrected chi connectivity index (χ0v) is 17.1. The predicted octanol–water partition coefficient (Wildman–Crippen LogP) is 5.41. The number of ether oxygens (including phenoxy) is 2. The summed E-state index contributed by atoms with van der Waals surface area (Å²) in [4.78, 5) is 11.9. The van der Waals surface area contributed by atoms with E-state index in [0.29, 0.717) is 24.3 Å². The van der Waals surface area contributed by atoms with Crippen molar-refractivity contribution >= 4 is 16.9 Å². The maximum atomic E-state index is 11.9.